The molecule has 0 aliphatic heterocycles. The molecular weight excluding hydrogens is 386 g/mol. The zero-order valence-electron chi connectivity index (χ0n) is 15.7. The molecule has 0 aliphatic carbocycles. The van der Waals surface area contributed by atoms with Crippen molar-refractivity contribution < 1.29 is 4.79 Å². The standard InChI is InChI=1S/C23H20ClN3O2/c24-20-9-5-4-8-19(20)14-25-21(28)16-27-13-11-18-10-12-26(22(18)23(27)29)15-17-6-2-1-3-7-17/h1-13H,14-16H2,(H,25,28). The lowest BCUT2D eigenvalue weighted by Crippen LogP contribution is -2.32. The second-order valence-corrected chi connectivity index (χ2v) is 7.26. The van der Waals surface area contributed by atoms with Crippen LogP contribution in [0.3, 0.4) is 0 Å². The average Bonchev–Trinajstić information content (AvgIpc) is 3.14. The van der Waals surface area contributed by atoms with E-state index in [-0.39, 0.29) is 18.0 Å². The molecule has 2 heterocycles. The molecule has 0 aliphatic rings. The van der Waals surface area contributed by atoms with Crippen LogP contribution >= 0.6 is 11.6 Å². The summed E-state index contributed by atoms with van der Waals surface area (Å²) < 4.78 is 3.36. The van der Waals surface area contributed by atoms with Crippen molar-refractivity contribution in [3.8, 4) is 0 Å². The van der Waals surface area contributed by atoms with Gasteiger partial charge in [-0.3, -0.25) is 9.59 Å². The number of hydrogen-bond donors (Lipinski definition) is 1. The number of rotatable bonds is 6. The van der Waals surface area contributed by atoms with Crippen LogP contribution in [0.1, 0.15) is 11.1 Å². The Morgan fingerprint density at radius 1 is 0.897 bits per heavy atom. The number of pyridine rings is 1. The highest BCUT2D eigenvalue weighted by Crippen LogP contribution is 2.15. The Kier molecular flexibility index (Phi) is 5.49. The van der Waals surface area contributed by atoms with Gasteiger partial charge in [0, 0.05) is 35.9 Å². The van der Waals surface area contributed by atoms with Gasteiger partial charge in [0.15, 0.2) is 0 Å². The Bertz CT molecular complexity index is 1210. The predicted octanol–water partition coefficient (Wildman–Crippen LogP) is 3.82. The number of carbonyl (C=O) groups excluding carboxylic acids is 1. The van der Waals surface area contributed by atoms with E-state index in [0.29, 0.717) is 23.6 Å². The van der Waals surface area contributed by atoms with Gasteiger partial charge < -0.3 is 14.5 Å². The summed E-state index contributed by atoms with van der Waals surface area (Å²) in [7, 11) is 0. The number of halogens is 1. The highest BCUT2D eigenvalue weighted by atomic mass is 35.5. The zero-order chi connectivity index (χ0) is 20.2. The Balaban J connectivity index is 1.52. The Morgan fingerprint density at radius 3 is 2.34 bits per heavy atom. The van der Waals surface area contributed by atoms with Crippen molar-refractivity contribution in [1.82, 2.24) is 14.5 Å². The van der Waals surface area contributed by atoms with Gasteiger partial charge >= 0.3 is 0 Å². The SMILES string of the molecule is O=C(Cn1ccc2ccn(Cc3ccccc3)c2c1=O)NCc1ccccc1Cl. The molecule has 0 fully saturated rings. The number of aromatic nitrogens is 2. The summed E-state index contributed by atoms with van der Waals surface area (Å²) >= 11 is 6.12. The number of nitrogens with one attached hydrogen (secondary N) is 1. The molecule has 0 atom stereocenters. The van der Waals surface area contributed by atoms with Crippen molar-refractivity contribution in [2.75, 3.05) is 0 Å². The number of benzene rings is 2. The maximum atomic E-state index is 13.0. The van der Waals surface area contributed by atoms with E-state index in [1.807, 2.05) is 71.4 Å². The van der Waals surface area contributed by atoms with Gasteiger partial charge in [0.2, 0.25) is 5.91 Å². The van der Waals surface area contributed by atoms with Crippen molar-refractivity contribution in [3.63, 3.8) is 0 Å². The summed E-state index contributed by atoms with van der Waals surface area (Å²) in [6, 6.07) is 21.1. The lowest BCUT2D eigenvalue weighted by atomic mass is 10.2. The molecule has 0 unspecified atom stereocenters. The summed E-state index contributed by atoms with van der Waals surface area (Å²) in [6.07, 6.45) is 3.56. The third kappa shape index (κ3) is 4.25. The number of nitrogens with zero attached hydrogens (tertiary/aromatic N) is 2. The third-order valence-corrected chi connectivity index (χ3v) is 5.20. The van der Waals surface area contributed by atoms with Crippen LogP contribution < -0.4 is 10.9 Å². The molecule has 29 heavy (non-hydrogen) atoms. The van der Waals surface area contributed by atoms with Crippen molar-refractivity contribution >= 4 is 28.4 Å². The van der Waals surface area contributed by atoms with Crippen LogP contribution in [0.2, 0.25) is 5.02 Å². The molecule has 0 spiro atoms. The second-order valence-electron chi connectivity index (χ2n) is 6.85. The molecule has 2 aromatic heterocycles. The van der Waals surface area contributed by atoms with Gasteiger partial charge in [0.1, 0.15) is 12.1 Å². The molecule has 1 N–H and O–H groups in total. The molecule has 146 valence electrons. The monoisotopic (exact) mass is 405 g/mol. The van der Waals surface area contributed by atoms with Gasteiger partial charge in [-0.25, -0.2) is 0 Å². The first-order valence-corrected chi connectivity index (χ1v) is 9.72. The molecule has 6 heteroatoms. The molecule has 5 nitrogen and oxygen atoms in total. The fourth-order valence-electron chi connectivity index (χ4n) is 3.33. The minimum atomic E-state index is -0.243. The highest BCUT2D eigenvalue weighted by molar-refractivity contribution is 6.31. The fourth-order valence-corrected chi connectivity index (χ4v) is 3.53. The second kappa shape index (κ2) is 8.37. The lowest BCUT2D eigenvalue weighted by molar-refractivity contribution is -0.121. The van der Waals surface area contributed by atoms with Crippen molar-refractivity contribution in [2.24, 2.45) is 0 Å². The first-order chi connectivity index (χ1) is 14.1. The van der Waals surface area contributed by atoms with Crippen molar-refractivity contribution in [1.29, 1.82) is 0 Å². The van der Waals surface area contributed by atoms with Crippen LogP contribution in [-0.4, -0.2) is 15.0 Å². The highest BCUT2D eigenvalue weighted by Gasteiger charge is 2.11. The molecule has 1 amide bonds. The first-order valence-electron chi connectivity index (χ1n) is 9.34. The van der Waals surface area contributed by atoms with Crippen LogP contribution in [0.5, 0.6) is 0 Å². The van der Waals surface area contributed by atoms with Crippen LogP contribution in [-0.2, 0) is 24.4 Å². The molecular formula is C23H20ClN3O2. The van der Waals surface area contributed by atoms with Gasteiger partial charge in [0.05, 0.1) is 0 Å². The minimum Gasteiger partial charge on any atom is -0.350 e. The summed E-state index contributed by atoms with van der Waals surface area (Å²) in [5.74, 6) is -0.243. The zero-order valence-corrected chi connectivity index (χ0v) is 16.5. The van der Waals surface area contributed by atoms with Crippen LogP contribution in [0, 0.1) is 0 Å². The largest absolute Gasteiger partial charge is 0.350 e. The molecule has 4 rings (SSSR count). The molecule has 4 aromatic rings. The fraction of sp³-hybridized carbons (Fsp3) is 0.130. The molecule has 0 bridgehead atoms. The summed E-state index contributed by atoms with van der Waals surface area (Å²) in [4.78, 5) is 25.4. The number of carbonyl (C=O) groups is 1. The van der Waals surface area contributed by atoms with E-state index in [1.54, 1.807) is 12.3 Å². The molecule has 2 aromatic carbocycles. The number of fused-ring (bicyclic) bond motifs is 1. The first kappa shape index (κ1) is 19.0. The van der Waals surface area contributed by atoms with E-state index in [4.69, 9.17) is 11.6 Å². The van der Waals surface area contributed by atoms with Gasteiger partial charge in [0.25, 0.3) is 5.56 Å². The van der Waals surface area contributed by atoms with Crippen molar-refractivity contribution in [3.05, 3.63) is 106 Å². The van der Waals surface area contributed by atoms with Crippen molar-refractivity contribution in [2.45, 2.75) is 19.6 Å². The summed E-state index contributed by atoms with van der Waals surface area (Å²) in [5, 5.41) is 4.28. The van der Waals surface area contributed by atoms with Crippen LogP contribution in [0.15, 0.2) is 83.9 Å². The normalized spacial score (nSPS) is 10.9. The smallest absolute Gasteiger partial charge is 0.275 e. The summed E-state index contributed by atoms with van der Waals surface area (Å²) in [5.41, 5.74) is 2.35. The van der Waals surface area contributed by atoms with E-state index in [1.165, 1.54) is 4.57 Å². The molecule has 0 saturated heterocycles. The van der Waals surface area contributed by atoms with Gasteiger partial charge in [-0.05, 0) is 29.3 Å². The minimum absolute atomic E-state index is 0.0459. The molecule has 0 radical (unpaired) electrons. The quantitative estimate of drug-likeness (QED) is 0.530. The number of amides is 1. The summed E-state index contributed by atoms with van der Waals surface area (Å²) in [6.45, 7) is 0.873. The maximum absolute atomic E-state index is 13.0. The third-order valence-electron chi connectivity index (χ3n) is 4.84. The Morgan fingerprint density at radius 2 is 1.59 bits per heavy atom. The van der Waals surface area contributed by atoms with Gasteiger partial charge in [-0.1, -0.05) is 60.1 Å². The van der Waals surface area contributed by atoms with Gasteiger partial charge in [-0.15, -0.1) is 0 Å². The topological polar surface area (TPSA) is 56.0 Å². The number of hydrogen-bond acceptors (Lipinski definition) is 2. The molecule has 0 saturated carbocycles. The van der Waals surface area contributed by atoms with E-state index < -0.39 is 0 Å². The van der Waals surface area contributed by atoms with E-state index in [0.717, 1.165) is 16.5 Å². The van der Waals surface area contributed by atoms with Crippen LogP contribution in [0.4, 0.5) is 0 Å². The van der Waals surface area contributed by atoms with E-state index >= 15 is 0 Å². The Labute approximate surface area is 173 Å². The predicted molar refractivity (Wildman–Crippen MR) is 115 cm³/mol. The maximum Gasteiger partial charge on any atom is 0.275 e. The van der Waals surface area contributed by atoms with E-state index in [2.05, 4.69) is 5.32 Å². The lowest BCUT2D eigenvalue weighted by Gasteiger charge is -2.10. The van der Waals surface area contributed by atoms with Gasteiger partial charge in [-0.2, -0.15) is 0 Å². The average molecular weight is 406 g/mol. The Hall–Kier alpha value is -3.31. The van der Waals surface area contributed by atoms with Crippen LogP contribution in [0.25, 0.3) is 10.9 Å². The van der Waals surface area contributed by atoms with E-state index in [9.17, 15) is 9.59 Å².